The van der Waals surface area contributed by atoms with Crippen LogP contribution in [0.3, 0.4) is 0 Å². The summed E-state index contributed by atoms with van der Waals surface area (Å²) < 4.78 is 0. The fourth-order valence-electron chi connectivity index (χ4n) is 3.74. The van der Waals surface area contributed by atoms with Gasteiger partial charge in [-0.25, -0.2) is 0 Å². The van der Waals surface area contributed by atoms with Crippen molar-refractivity contribution >= 4 is 11.8 Å². The summed E-state index contributed by atoms with van der Waals surface area (Å²) in [6.07, 6.45) is 8.62. The molecule has 19 heavy (non-hydrogen) atoms. The molecule has 2 fully saturated rings. The summed E-state index contributed by atoms with van der Waals surface area (Å²) in [5, 5.41) is 3.86. The number of hydrogen-bond acceptors (Lipinski definition) is 3. The molecule has 0 aromatic heterocycles. The number of piperazine rings is 1. The van der Waals surface area contributed by atoms with E-state index in [-0.39, 0.29) is 0 Å². The van der Waals surface area contributed by atoms with Crippen molar-refractivity contribution in [3.8, 4) is 0 Å². The molecule has 0 radical (unpaired) electrons. The molecular weight excluding hydrogens is 252 g/mol. The molecule has 1 aliphatic heterocycles. The van der Waals surface area contributed by atoms with Gasteiger partial charge >= 0.3 is 0 Å². The number of nitrogens with one attached hydrogen (secondary N) is 1. The van der Waals surface area contributed by atoms with Crippen LogP contribution in [0.5, 0.6) is 0 Å². The molecule has 2 nitrogen and oxygen atoms in total. The molecule has 0 aromatic carbocycles. The third-order valence-electron chi connectivity index (χ3n) is 4.98. The molecule has 1 N–H and O–H groups in total. The van der Waals surface area contributed by atoms with Gasteiger partial charge in [0.25, 0.3) is 0 Å². The average molecular weight is 285 g/mol. The molecule has 0 spiro atoms. The number of nitrogens with zero attached hydrogens (tertiary/aromatic N) is 1. The van der Waals surface area contributed by atoms with Gasteiger partial charge in [0.15, 0.2) is 0 Å². The monoisotopic (exact) mass is 284 g/mol. The molecule has 0 amide bonds. The van der Waals surface area contributed by atoms with Crippen molar-refractivity contribution in [2.75, 3.05) is 31.1 Å². The molecule has 2 unspecified atom stereocenters. The van der Waals surface area contributed by atoms with Gasteiger partial charge in [0.05, 0.1) is 0 Å². The second-order valence-electron chi connectivity index (χ2n) is 6.17. The second kappa shape index (κ2) is 8.53. The average Bonchev–Trinajstić information content (AvgIpc) is 2.48. The first-order valence-corrected chi connectivity index (χ1v) is 9.55. The van der Waals surface area contributed by atoms with E-state index < -0.39 is 0 Å². The van der Waals surface area contributed by atoms with E-state index in [9.17, 15) is 0 Å². The first-order valence-electron chi connectivity index (χ1n) is 8.40. The smallest absolute Gasteiger partial charge is 0.0224 e. The first kappa shape index (κ1) is 15.7. The summed E-state index contributed by atoms with van der Waals surface area (Å²) in [5.41, 5.74) is 0. The molecule has 1 saturated carbocycles. The Balaban J connectivity index is 1.83. The van der Waals surface area contributed by atoms with E-state index in [1.54, 1.807) is 0 Å². The molecule has 0 aromatic rings. The minimum Gasteiger partial charge on any atom is -0.311 e. The topological polar surface area (TPSA) is 15.3 Å². The van der Waals surface area contributed by atoms with E-state index in [0.29, 0.717) is 0 Å². The normalized spacial score (nSPS) is 30.6. The lowest BCUT2D eigenvalue weighted by Crippen LogP contribution is -2.59. The molecule has 1 aliphatic carbocycles. The van der Waals surface area contributed by atoms with Crippen LogP contribution in [0, 0.1) is 5.92 Å². The Labute approximate surface area is 124 Å². The van der Waals surface area contributed by atoms with Crippen LogP contribution in [0.2, 0.25) is 0 Å². The lowest BCUT2D eigenvalue weighted by atomic mass is 9.82. The summed E-state index contributed by atoms with van der Waals surface area (Å²) >= 11 is 2.09. The summed E-state index contributed by atoms with van der Waals surface area (Å²) in [6.45, 7) is 8.42. The standard InChI is InChI=1S/C16H32N2S/c1-3-15-12-17-16(14-8-6-5-7-9-14)13-18(15)10-11-19-4-2/h14-17H,3-13H2,1-2H3. The van der Waals surface area contributed by atoms with E-state index in [1.165, 1.54) is 69.7 Å². The van der Waals surface area contributed by atoms with Gasteiger partial charge in [-0.1, -0.05) is 33.1 Å². The highest BCUT2D eigenvalue weighted by Crippen LogP contribution is 2.28. The van der Waals surface area contributed by atoms with Gasteiger partial charge < -0.3 is 5.32 Å². The Morgan fingerprint density at radius 1 is 1.16 bits per heavy atom. The maximum absolute atomic E-state index is 3.86. The molecule has 2 rings (SSSR count). The minimum absolute atomic E-state index is 0.773. The SMILES string of the molecule is CCSCCN1CC(C2CCCCC2)NCC1CC. The quantitative estimate of drug-likeness (QED) is 0.753. The molecule has 1 saturated heterocycles. The fourth-order valence-corrected chi connectivity index (χ4v) is 4.39. The summed E-state index contributed by atoms with van der Waals surface area (Å²) in [7, 11) is 0. The van der Waals surface area contributed by atoms with Crippen LogP contribution in [0.15, 0.2) is 0 Å². The summed E-state index contributed by atoms with van der Waals surface area (Å²) in [6, 6.07) is 1.55. The van der Waals surface area contributed by atoms with Gasteiger partial charge in [-0.05, 0) is 30.9 Å². The van der Waals surface area contributed by atoms with Crippen LogP contribution >= 0.6 is 11.8 Å². The molecule has 3 heteroatoms. The van der Waals surface area contributed by atoms with Crippen LogP contribution in [0.4, 0.5) is 0 Å². The van der Waals surface area contributed by atoms with Crippen molar-refractivity contribution in [2.24, 2.45) is 5.92 Å². The van der Waals surface area contributed by atoms with Crippen LogP contribution in [0.25, 0.3) is 0 Å². The van der Waals surface area contributed by atoms with Crippen molar-refractivity contribution < 1.29 is 0 Å². The van der Waals surface area contributed by atoms with E-state index in [1.807, 2.05) is 0 Å². The highest BCUT2D eigenvalue weighted by atomic mass is 32.2. The molecular formula is C16H32N2S. The van der Waals surface area contributed by atoms with Gasteiger partial charge in [-0.15, -0.1) is 0 Å². The third-order valence-corrected chi connectivity index (χ3v) is 5.86. The lowest BCUT2D eigenvalue weighted by molar-refractivity contribution is 0.0997. The Morgan fingerprint density at radius 2 is 1.95 bits per heavy atom. The Hall–Kier alpha value is 0.270. The Morgan fingerprint density at radius 3 is 2.63 bits per heavy atom. The third kappa shape index (κ3) is 4.64. The highest BCUT2D eigenvalue weighted by Gasteiger charge is 2.31. The van der Waals surface area contributed by atoms with E-state index in [2.05, 4.69) is 35.8 Å². The molecule has 2 aliphatic rings. The zero-order valence-electron chi connectivity index (χ0n) is 12.9. The van der Waals surface area contributed by atoms with Crippen molar-refractivity contribution in [3.63, 3.8) is 0 Å². The molecule has 1 heterocycles. The minimum atomic E-state index is 0.773. The Bertz CT molecular complexity index is 241. The van der Waals surface area contributed by atoms with Gasteiger partial charge in [-0.2, -0.15) is 11.8 Å². The van der Waals surface area contributed by atoms with Crippen LogP contribution < -0.4 is 5.32 Å². The zero-order valence-corrected chi connectivity index (χ0v) is 13.7. The largest absolute Gasteiger partial charge is 0.311 e. The van der Waals surface area contributed by atoms with Crippen LogP contribution in [-0.2, 0) is 0 Å². The van der Waals surface area contributed by atoms with E-state index in [4.69, 9.17) is 0 Å². The number of rotatable bonds is 6. The van der Waals surface area contributed by atoms with Gasteiger partial charge in [0.2, 0.25) is 0 Å². The first-order chi connectivity index (χ1) is 9.35. The summed E-state index contributed by atoms with van der Waals surface area (Å²) in [4.78, 5) is 2.78. The lowest BCUT2D eigenvalue weighted by Gasteiger charge is -2.43. The van der Waals surface area contributed by atoms with E-state index in [0.717, 1.165) is 18.0 Å². The number of thioether (sulfide) groups is 1. The molecule has 0 bridgehead atoms. The zero-order chi connectivity index (χ0) is 13.5. The van der Waals surface area contributed by atoms with Crippen LogP contribution in [-0.4, -0.2) is 48.1 Å². The fraction of sp³-hybridized carbons (Fsp3) is 1.00. The maximum Gasteiger partial charge on any atom is 0.0224 e. The van der Waals surface area contributed by atoms with Crippen molar-refractivity contribution in [2.45, 2.75) is 64.5 Å². The maximum atomic E-state index is 3.86. The predicted octanol–water partition coefficient (Wildman–Crippen LogP) is 3.37. The molecule has 2 atom stereocenters. The van der Waals surface area contributed by atoms with Crippen LogP contribution in [0.1, 0.15) is 52.4 Å². The van der Waals surface area contributed by atoms with Crippen molar-refractivity contribution in [1.82, 2.24) is 10.2 Å². The summed E-state index contributed by atoms with van der Waals surface area (Å²) in [5.74, 6) is 3.52. The highest BCUT2D eigenvalue weighted by molar-refractivity contribution is 7.99. The van der Waals surface area contributed by atoms with Gasteiger partial charge in [0.1, 0.15) is 0 Å². The Kier molecular flexibility index (Phi) is 7.03. The van der Waals surface area contributed by atoms with Crippen molar-refractivity contribution in [3.05, 3.63) is 0 Å². The van der Waals surface area contributed by atoms with E-state index >= 15 is 0 Å². The number of hydrogen-bond donors (Lipinski definition) is 1. The predicted molar refractivity (Wildman–Crippen MR) is 87.0 cm³/mol. The van der Waals surface area contributed by atoms with Crippen molar-refractivity contribution in [1.29, 1.82) is 0 Å². The second-order valence-corrected chi connectivity index (χ2v) is 7.56. The molecule has 112 valence electrons. The van der Waals surface area contributed by atoms with Gasteiger partial charge in [0, 0.05) is 37.5 Å². The van der Waals surface area contributed by atoms with Gasteiger partial charge in [-0.3, -0.25) is 4.90 Å².